The average Bonchev–Trinajstić information content (AvgIpc) is 2.87. The molecule has 0 spiro atoms. The molecule has 0 aromatic heterocycles. The van der Waals surface area contributed by atoms with Gasteiger partial charge in [0.25, 0.3) is 5.91 Å². The number of nitrogens with zero attached hydrogens (tertiary/aromatic N) is 2. The van der Waals surface area contributed by atoms with Gasteiger partial charge in [0.05, 0.1) is 16.3 Å². The molecule has 2 N–H and O–H groups in total. The van der Waals surface area contributed by atoms with Gasteiger partial charge in [-0.1, -0.05) is 23.7 Å². The summed E-state index contributed by atoms with van der Waals surface area (Å²) in [5, 5.41) is 5.84. The normalized spacial score (nSPS) is 13.5. The van der Waals surface area contributed by atoms with Gasteiger partial charge < -0.3 is 15.1 Å². The third-order valence-corrected chi connectivity index (χ3v) is 6.87. The maximum atomic E-state index is 14.2. The van der Waals surface area contributed by atoms with Crippen LogP contribution in [0.1, 0.15) is 10.4 Å². The summed E-state index contributed by atoms with van der Waals surface area (Å²) < 4.78 is 69.5. The maximum absolute atomic E-state index is 14.2. The molecular formula is C24H17BrClF5N4OS. The van der Waals surface area contributed by atoms with E-state index in [4.69, 9.17) is 23.8 Å². The van der Waals surface area contributed by atoms with Crippen LogP contribution < -0.4 is 20.4 Å². The maximum Gasteiger partial charge on any atom is 0.258 e. The van der Waals surface area contributed by atoms with Gasteiger partial charge in [0, 0.05) is 36.3 Å². The lowest BCUT2D eigenvalue weighted by molar-refractivity contribution is 0.0977. The molecule has 1 saturated heterocycles. The minimum atomic E-state index is -2.19. The van der Waals surface area contributed by atoms with E-state index in [1.165, 1.54) is 0 Å². The summed E-state index contributed by atoms with van der Waals surface area (Å²) in [7, 11) is 0. The smallest absolute Gasteiger partial charge is 0.258 e. The van der Waals surface area contributed by atoms with Crippen LogP contribution in [-0.2, 0) is 0 Å². The number of benzene rings is 3. The van der Waals surface area contributed by atoms with E-state index in [0.717, 1.165) is 4.90 Å². The van der Waals surface area contributed by atoms with Crippen LogP contribution in [0.3, 0.4) is 0 Å². The van der Waals surface area contributed by atoms with Crippen LogP contribution in [0.15, 0.2) is 46.9 Å². The summed E-state index contributed by atoms with van der Waals surface area (Å²) in [5.74, 6) is -10.3. The van der Waals surface area contributed by atoms with Crippen LogP contribution in [0.2, 0.25) is 5.02 Å². The van der Waals surface area contributed by atoms with Gasteiger partial charge in [-0.05, 0) is 58.5 Å². The SMILES string of the molecule is O=C(NC(=S)Nc1ccc(N2CCN(c3c(F)c(F)c(F)c(F)c3F)CC2)c(Cl)c1)c1ccccc1Br. The van der Waals surface area contributed by atoms with Crippen LogP contribution >= 0.6 is 39.7 Å². The lowest BCUT2D eigenvalue weighted by Gasteiger charge is -2.38. The highest BCUT2D eigenvalue weighted by Crippen LogP contribution is 2.33. The number of nitrogens with one attached hydrogen (secondary N) is 2. The molecule has 1 aliphatic heterocycles. The van der Waals surface area contributed by atoms with Gasteiger partial charge in [-0.3, -0.25) is 10.1 Å². The van der Waals surface area contributed by atoms with Gasteiger partial charge in [-0.2, -0.15) is 0 Å². The van der Waals surface area contributed by atoms with Crippen molar-refractivity contribution in [2.75, 3.05) is 41.3 Å². The fourth-order valence-electron chi connectivity index (χ4n) is 3.86. The Kier molecular flexibility index (Phi) is 8.20. The number of carbonyl (C=O) groups excluding carboxylic acids is 1. The highest BCUT2D eigenvalue weighted by atomic mass is 79.9. The topological polar surface area (TPSA) is 47.6 Å². The van der Waals surface area contributed by atoms with Crippen LogP contribution in [0.4, 0.5) is 39.0 Å². The van der Waals surface area contributed by atoms with Crippen LogP contribution in [-0.4, -0.2) is 37.2 Å². The predicted molar refractivity (Wildman–Crippen MR) is 140 cm³/mol. The number of hydrogen-bond donors (Lipinski definition) is 2. The molecule has 0 atom stereocenters. The molecule has 3 aromatic carbocycles. The Morgan fingerprint density at radius 1 is 0.865 bits per heavy atom. The molecule has 0 bridgehead atoms. The Labute approximate surface area is 227 Å². The molecule has 0 radical (unpaired) electrons. The van der Waals surface area contributed by atoms with Crippen molar-refractivity contribution in [2.45, 2.75) is 0 Å². The molecule has 37 heavy (non-hydrogen) atoms. The fraction of sp³-hybridized carbons (Fsp3) is 0.167. The number of piperazine rings is 1. The van der Waals surface area contributed by atoms with Crippen LogP contribution in [0.25, 0.3) is 0 Å². The number of carbonyl (C=O) groups is 1. The Morgan fingerprint density at radius 3 is 2.03 bits per heavy atom. The Morgan fingerprint density at radius 2 is 1.43 bits per heavy atom. The zero-order valence-electron chi connectivity index (χ0n) is 18.7. The minimum Gasteiger partial charge on any atom is -0.367 e. The average molecular weight is 620 g/mol. The second kappa shape index (κ2) is 11.2. The molecule has 5 nitrogen and oxygen atoms in total. The van der Waals surface area contributed by atoms with Crippen molar-refractivity contribution < 1.29 is 26.7 Å². The Balaban J connectivity index is 1.40. The first-order valence-electron chi connectivity index (χ1n) is 10.8. The first kappa shape index (κ1) is 27.1. The molecule has 0 unspecified atom stereocenters. The third kappa shape index (κ3) is 5.65. The number of halogens is 7. The first-order valence-corrected chi connectivity index (χ1v) is 12.3. The van der Waals surface area contributed by atoms with E-state index in [1.54, 1.807) is 42.5 Å². The quantitative estimate of drug-likeness (QED) is 0.157. The lowest BCUT2D eigenvalue weighted by atomic mass is 10.2. The molecule has 0 aliphatic carbocycles. The number of hydrogen-bond acceptors (Lipinski definition) is 4. The first-order chi connectivity index (χ1) is 17.6. The molecule has 1 fully saturated rings. The number of amides is 1. The Bertz CT molecular complexity index is 1360. The molecule has 3 aromatic rings. The summed E-state index contributed by atoms with van der Waals surface area (Å²) in [6.07, 6.45) is 0. The van der Waals surface area contributed by atoms with Crippen molar-refractivity contribution in [3.8, 4) is 0 Å². The van der Waals surface area contributed by atoms with Crippen molar-refractivity contribution in [1.82, 2.24) is 5.32 Å². The van der Waals surface area contributed by atoms with Crippen molar-refractivity contribution >= 4 is 67.8 Å². The molecule has 1 amide bonds. The fourth-order valence-corrected chi connectivity index (χ4v) is 4.84. The molecule has 4 rings (SSSR count). The number of thiocarbonyl (C=S) groups is 1. The summed E-state index contributed by atoms with van der Waals surface area (Å²) >= 11 is 15.0. The van der Waals surface area contributed by atoms with Crippen molar-refractivity contribution in [1.29, 1.82) is 0 Å². The van der Waals surface area contributed by atoms with E-state index >= 15 is 0 Å². The standard InChI is InChI=1S/C24H17BrClF5N4OS/c25-14-4-2-1-3-13(14)23(36)33-24(37)32-12-5-6-16(15(26)11-12)34-7-9-35(10-8-34)22-20(30)18(28)17(27)19(29)21(22)31/h1-6,11H,7-10H2,(H2,32,33,36,37). The highest BCUT2D eigenvalue weighted by Gasteiger charge is 2.31. The summed E-state index contributed by atoms with van der Waals surface area (Å²) in [5.41, 5.74) is 0.573. The second-order valence-corrected chi connectivity index (χ2v) is 9.62. The summed E-state index contributed by atoms with van der Waals surface area (Å²) in [6, 6.07) is 11.8. The van der Waals surface area contributed by atoms with E-state index in [9.17, 15) is 26.7 Å². The van der Waals surface area contributed by atoms with E-state index in [-0.39, 0.29) is 31.3 Å². The lowest BCUT2D eigenvalue weighted by Crippen LogP contribution is -2.47. The zero-order chi connectivity index (χ0) is 26.9. The zero-order valence-corrected chi connectivity index (χ0v) is 21.9. The van der Waals surface area contributed by atoms with Crippen molar-refractivity contribution in [3.05, 3.63) is 86.6 Å². The Hall–Kier alpha value is -2.96. The second-order valence-electron chi connectivity index (χ2n) is 7.95. The van der Waals surface area contributed by atoms with Gasteiger partial charge in [0.15, 0.2) is 28.4 Å². The molecule has 1 heterocycles. The highest BCUT2D eigenvalue weighted by molar-refractivity contribution is 9.10. The van der Waals surface area contributed by atoms with Gasteiger partial charge in [0.1, 0.15) is 5.69 Å². The molecule has 194 valence electrons. The summed E-state index contributed by atoms with van der Waals surface area (Å²) in [6.45, 7) is 0.429. The van der Waals surface area contributed by atoms with Crippen molar-refractivity contribution in [2.24, 2.45) is 0 Å². The molecule has 0 saturated carbocycles. The third-order valence-electron chi connectivity index (χ3n) is 5.67. The monoisotopic (exact) mass is 618 g/mol. The number of rotatable bonds is 4. The minimum absolute atomic E-state index is 0.000153. The van der Waals surface area contributed by atoms with Crippen molar-refractivity contribution in [3.63, 3.8) is 0 Å². The van der Waals surface area contributed by atoms with E-state index < -0.39 is 40.7 Å². The van der Waals surface area contributed by atoms with Gasteiger partial charge >= 0.3 is 0 Å². The largest absolute Gasteiger partial charge is 0.367 e. The number of anilines is 3. The molecule has 1 aliphatic rings. The van der Waals surface area contributed by atoms with Gasteiger partial charge in [-0.25, -0.2) is 22.0 Å². The molecule has 13 heteroatoms. The van der Waals surface area contributed by atoms with E-state index in [0.29, 0.717) is 26.4 Å². The van der Waals surface area contributed by atoms with E-state index in [2.05, 4.69) is 26.6 Å². The van der Waals surface area contributed by atoms with Gasteiger partial charge in [-0.15, -0.1) is 0 Å². The molecular weight excluding hydrogens is 603 g/mol. The van der Waals surface area contributed by atoms with Crippen LogP contribution in [0, 0.1) is 29.1 Å². The van der Waals surface area contributed by atoms with Crippen LogP contribution in [0.5, 0.6) is 0 Å². The van der Waals surface area contributed by atoms with Gasteiger partial charge in [0.2, 0.25) is 5.82 Å². The predicted octanol–water partition coefficient (Wildman–Crippen LogP) is 6.25. The van der Waals surface area contributed by atoms with E-state index in [1.807, 2.05) is 4.90 Å². The summed E-state index contributed by atoms with van der Waals surface area (Å²) in [4.78, 5) is 15.3.